The zero-order valence-electron chi connectivity index (χ0n) is 15.1. The molecule has 0 bridgehead atoms. The van der Waals surface area contributed by atoms with Crippen molar-refractivity contribution in [1.29, 1.82) is 5.26 Å². The van der Waals surface area contributed by atoms with Crippen LogP contribution in [0.1, 0.15) is 30.3 Å². The van der Waals surface area contributed by atoms with Crippen LogP contribution in [0.25, 0.3) is 10.9 Å². The summed E-state index contributed by atoms with van der Waals surface area (Å²) in [6, 6.07) is 16.8. The Balaban J connectivity index is 1.68. The van der Waals surface area contributed by atoms with Crippen LogP contribution in [0.3, 0.4) is 0 Å². The van der Waals surface area contributed by atoms with Gasteiger partial charge in [0.25, 0.3) is 5.91 Å². The van der Waals surface area contributed by atoms with Crippen LogP contribution in [0.5, 0.6) is 11.5 Å². The van der Waals surface area contributed by atoms with E-state index >= 15 is 0 Å². The number of hydrogen-bond acceptors (Lipinski definition) is 4. The summed E-state index contributed by atoms with van der Waals surface area (Å²) in [5, 5.41) is 12.4. The van der Waals surface area contributed by atoms with E-state index in [0.717, 1.165) is 16.7 Å². The van der Waals surface area contributed by atoms with Gasteiger partial charge in [0.15, 0.2) is 0 Å². The maximum absolute atomic E-state index is 12.6. The topological polar surface area (TPSA) is 87.1 Å². The van der Waals surface area contributed by atoms with Gasteiger partial charge in [0.05, 0.1) is 19.3 Å². The first kappa shape index (κ1) is 18.3. The summed E-state index contributed by atoms with van der Waals surface area (Å²) in [7, 11) is 0. The van der Waals surface area contributed by atoms with Gasteiger partial charge in [0.1, 0.15) is 17.2 Å². The second-order valence-corrected chi connectivity index (χ2v) is 5.96. The summed E-state index contributed by atoms with van der Waals surface area (Å²) >= 11 is 0. The Morgan fingerprint density at radius 3 is 2.81 bits per heavy atom. The Bertz CT molecular complexity index is 972. The number of hydrogen-bond donors (Lipinski definition) is 2. The molecule has 0 radical (unpaired) electrons. The van der Waals surface area contributed by atoms with Gasteiger partial charge in [0.2, 0.25) is 0 Å². The van der Waals surface area contributed by atoms with Crippen LogP contribution < -0.4 is 14.8 Å². The summed E-state index contributed by atoms with van der Waals surface area (Å²) in [6.07, 6.45) is 1.13. The van der Waals surface area contributed by atoms with Crippen molar-refractivity contribution in [1.82, 2.24) is 4.98 Å². The first-order valence-corrected chi connectivity index (χ1v) is 8.86. The predicted octanol–water partition coefficient (Wildman–Crippen LogP) is 4.50. The van der Waals surface area contributed by atoms with Gasteiger partial charge in [-0.25, -0.2) is 0 Å². The van der Waals surface area contributed by atoms with Gasteiger partial charge < -0.3 is 19.8 Å². The van der Waals surface area contributed by atoms with E-state index in [1.807, 2.05) is 43.3 Å². The predicted molar refractivity (Wildman–Crippen MR) is 104 cm³/mol. The number of nitrogens with zero attached hydrogens (tertiary/aromatic N) is 1. The third kappa shape index (κ3) is 4.79. The number of nitrogens with one attached hydrogen (secondary N) is 2. The number of ether oxygens (including phenoxy) is 2. The summed E-state index contributed by atoms with van der Waals surface area (Å²) in [5.41, 5.74) is 1.96. The van der Waals surface area contributed by atoms with E-state index in [9.17, 15) is 4.79 Å². The molecule has 27 heavy (non-hydrogen) atoms. The molecule has 0 unspecified atom stereocenters. The molecule has 2 N–H and O–H groups in total. The molecular weight excluding hydrogens is 342 g/mol. The molecular formula is C21H21N3O3. The van der Waals surface area contributed by atoms with Crippen LogP contribution in [0.15, 0.2) is 48.5 Å². The fourth-order valence-electron chi connectivity index (χ4n) is 2.69. The lowest BCUT2D eigenvalue weighted by Gasteiger charge is -2.08. The van der Waals surface area contributed by atoms with E-state index in [4.69, 9.17) is 14.7 Å². The van der Waals surface area contributed by atoms with Gasteiger partial charge in [-0.15, -0.1) is 0 Å². The highest BCUT2D eigenvalue weighted by atomic mass is 16.5. The number of amides is 1. The number of rotatable bonds is 8. The number of aromatic amines is 1. The van der Waals surface area contributed by atoms with Crippen molar-refractivity contribution in [2.24, 2.45) is 0 Å². The number of aromatic nitrogens is 1. The summed E-state index contributed by atoms with van der Waals surface area (Å²) < 4.78 is 11.1. The molecule has 6 nitrogen and oxygen atoms in total. The first-order valence-electron chi connectivity index (χ1n) is 8.86. The zero-order valence-corrected chi connectivity index (χ0v) is 15.1. The number of carbonyl (C=O) groups excluding carboxylic acids is 1. The Labute approximate surface area is 157 Å². The molecule has 2 aromatic carbocycles. The second kappa shape index (κ2) is 8.77. The third-order valence-corrected chi connectivity index (χ3v) is 3.94. The van der Waals surface area contributed by atoms with Crippen molar-refractivity contribution in [3.05, 3.63) is 54.2 Å². The second-order valence-electron chi connectivity index (χ2n) is 5.96. The number of fused-ring (bicyclic) bond motifs is 1. The minimum absolute atomic E-state index is 0.231. The quantitative estimate of drug-likeness (QED) is 0.577. The average Bonchev–Trinajstić information content (AvgIpc) is 3.09. The molecule has 0 aliphatic carbocycles. The average molecular weight is 363 g/mol. The van der Waals surface area contributed by atoms with Crippen LogP contribution in [0, 0.1) is 11.3 Å². The normalized spacial score (nSPS) is 10.4. The third-order valence-electron chi connectivity index (χ3n) is 3.94. The number of H-pyrrole nitrogens is 1. The number of nitriles is 1. The Kier molecular flexibility index (Phi) is 5.95. The van der Waals surface area contributed by atoms with E-state index < -0.39 is 0 Å². The number of anilines is 1. The van der Waals surface area contributed by atoms with E-state index in [-0.39, 0.29) is 5.91 Å². The molecule has 3 rings (SSSR count). The van der Waals surface area contributed by atoms with Crippen LogP contribution in [0.4, 0.5) is 5.69 Å². The van der Waals surface area contributed by atoms with Gasteiger partial charge in [-0.2, -0.15) is 5.26 Å². The number of benzene rings is 2. The molecule has 0 fully saturated rings. The Hall–Kier alpha value is -3.46. The van der Waals surface area contributed by atoms with Gasteiger partial charge in [-0.05, 0) is 43.7 Å². The van der Waals surface area contributed by atoms with Gasteiger partial charge in [-0.1, -0.05) is 6.07 Å². The molecule has 1 aromatic heterocycles. The van der Waals surface area contributed by atoms with Crippen LogP contribution in [-0.2, 0) is 0 Å². The molecule has 3 aromatic rings. The number of unbranched alkanes of at least 4 members (excludes halogenated alkanes) is 1. The highest BCUT2D eigenvalue weighted by molar-refractivity contribution is 6.06. The van der Waals surface area contributed by atoms with Crippen LogP contribution in [-0.4, -0.2) is 24.1 Å². The van der Waals surface area contributed by atoms with E-state index in [1.54, 1.807) is 12.1 Å². The number of carbonyl (C=O) groups is 1. The van der Waals surface area contributed by atoms with E-state index in [1.165, 1.54) is 0 Å². The summed E-state index contributed by atoms with van der Waals surface area (Å²) in [5.74, 6) is 1.19. The smallest absolute Gasteiger partial charge is 0.272 e. The molecule has 0 aliphatic rings. The van der Waals surface area contributed by atoms with Crippen molar-refractivity contribution >= 4 is 22.5 Å². The highest BCUT2D eigenvalue weighted by Gasteiger charge is 2.11. The molecule has 0 aliphatic heterocycles. The van der Waals surface area contributed by atoms with Gasteiger partial charge in [0, 0.05) is 35.1 Å². The monoisotopic (exact) mass is 363 g/mol. The zero-order chi connectivity index (χ0) is 19.1. The van der Waals surface area contributed by atoms with Gasteiger partial charge in [-0.3, -0.25) is 4.79 Å². The maximum Gasteiger partial charge on any atom is 0.272 e. The molecule has 1 amide bonds. The molecule has 1 heterocycles. The van der Waals surface area contributed by atoms with Crippen molar-refractivity contribution in [2.75, 3.05) is 18.5 Å². The van der Waals surface area contributed by atoms with Crippen molar-refractivity contribution < 1.29 is 14.3 Å². The van der Waals surface area contributed by atoms with E-state index in [0.29, 0.717) is 43.2 Å². The molecule has 0 saturated heterocycles. The maximum atomic E-state index is 12.6. The minimum atomic E-state index is -0.231. The molecule has 0 saturated carbocycles. The summed E-state index contributed by atoms with van der Waals surface area (Å²) in [4.78, 5) is 15.7. The first-order chi connectivity index (χ1) is 13.2. The SMILES string of the molecule is CCOc1ccc2cc(C(=O)Nc3cccc(OCCCC#N)c3)[nH]c2c1. The summed E-state index contributed by atoms with van der Waals surface area (Å²) in [6.45, 7) is 2.99. The molecule has 0 atom stereocenters. The van der Waals surface area contributed by atoms with Crippen LogP contribution >= 0.6 is 0 Å². The van der Waals surface area contributed by atoms with Crippen molar-refractivity contribution in [3.63, 3.8) is 0 Å². The largest absolute Gasteiger partial charge is 0.494 e. The van der Waals surface area contributed by atoms with Gasteiger partial charge >= 0.3 is 0 Å². The Morgan fingerprint density at radius 1 is 1.15 bits per heavy atom. The minimum Gasteiger partial charge on any atom is -0.494 e. The standard InChI is InChI=1S/C21H21N3O3/c1-2-26-18-9-8-15-12-20(24-19(15)14-18)21(25)23-16-6-5-7-17(13-16)27-11-4-3-10-22/h5-9,12-14,24H,2-4,11H2,1H3,(H,23,25). The van der Waals surface area contributed by atoms with Crippen molar-refractivity contribution in [2.45, 2.75) is 19.8 Å². The lowest BCUT2D eigenvalue weighted by atomic mass is 10.2. The highest BCUT2D eigenvalue weighted by Crippen LogP contribution is 2.23. The lowest BCUT2D eigenvalue weighted by molar-refractivity contribution is 0.102. The molecule has 6 heteroatoms. The Morgan fingerprint density at radius 2 is 2.00 bits per heavy atom. The van der Waals surface area contributed by atoms with Crippen molar-refractivity contribution in [3.8, 4) is 17.6 Å². The fraction of sp³-hybridized carbons (Fsp3) is 0.238. The fourth-order valence-corrected chi connectivity index (χ4v) is 2.69. The van der Waals surface area contributed by atoms with Crippen LogP contribution in [0.2, 0.25) is 0 Å². The molecule has 0 spiro atoms. The molecule has 138 valence electrons. The van der Waals surface area contributed by atoms with E-state index in [2.05, 4.69) is 16.4 Å². The lowest BCUT2D eigenvalue weighted by Crippen LogP contribution is -2.12.